The zero-order valence-corrected chi connectivity index (χ0v) is 11.5. The van der Waals surface area contributed by atoms with Crippen molar-refractivity contribution in [3.05, 3.63) is 0 Å². The number of carboxylic acid groups (broad SMARTS) is 1. The van der Waals surface area contributed by atoms with E-state index in [1.54, 1.807) is 0 Å². The van der Waals surface area contributed by atoms with Crippen molar-refractivity contribution < 1.29 is 9.90 Å². The summed E-state index contributed by atoms with van der Waals surface area (Å²) in [4.78, 5) is 15.7. The summed E-state index contributed by atoms with van der Waals surface area (Å²) >= 11 is 0. The lowest BCUT2D eigenvalue weighted by atomic mass is 10.1. The van der Waals surface area contributed by atoms with E-state index in [0.29, 0.717) is 18.5 Å². The molecule has 4 nitrogen and oxygen atoms in total. The fourth-order valence-corrected chi connectivity index (χ4v) is 2.24. The molecule has 1 saturated heterocycles. The average Bonchev–Trinajstić information content (AvgIpc) is 2.25. The molecule has 1 atom stereocenters. The summed E-state index contributed by atoms with van der Waals surface area (Å²) in [6.07, 6.45) is 1.07. The molecule has 0 amide bonds. The molecule has 0 aromatic heterocycles. The molecule has 1 aliphatic heterocycles. The summed E-state index contributed by atoms with van der Waals surface area (Å²) in [7, 11) is 0. The fourth-order valence-electron chi connectivity index (χ4n) is 2.24. The zero-order valence-electron chi connectivity index (χ0n) is 11.5. The van der Waals surface area contributed by atoms with E-state index >= 15 is 0 Å². The second-order valence-electron chi connectivity index (χ2n) is 5.66. The molecule has 1 rings (SSSR count). The molecule has 17 heavy (non-hydrogen) atoms. The van der Waals surface area contributed by atoms with Crippen molar-refractivity contribution in [2.45, 2.75) is 46.2 Å². The number of carbonyl (C=O) groups is 1. The number of aliphatic carboxylic acids is 1. The van der Waals surface area contributed by atoms with E-state index in [9.17, 15) is 9.90 Å². The summed E-state index contributed by atoms with van der Waals surface area (Å²) in [6.45, 7) is 12.0. The van der Waals surface area contributed by atoms with Gasteiger partial charge in [-0.1, -0.05) is 13.8 Å². The molecular formula is C13H26N2O2. The Morgan fingerprint density at radius 1 is 1.29 bits per heavy atom. The van der Waals surface area contributed by atoms with Crippen molar-refractivity contribution in [2.75, 3.05) is 26.2 Å². The van der Waals surface area contributed by atoms with E-state index in [1.165, 1.54) is 0 Å². The molecule has 1 fully saturated rings. The summed E-state index contributed by atoms with van der Waals surface area (Å²) in [5, 5.41) is 9.31. The molecule has 0 aromatic rings. The van der Waals surface area contributed by atoms with Gasteiger partial charge in [0, 0.05) is 25.7 Å². The maximum Gasteiger partial charge on any atom is 0.322 e. The first-order valence-corrected chi connectivity index (χ1v) is 6.62. The second kappa shape index (κ2) is 6.36. The van der Waals surface area contributed by atoms with Crippen LogP contribution in [0.25, 0.3) is 0 Å². The highest BCUT2D eigenvalue weighted by Crippen LogP contribution is 2.14. The Balaban J connectivity index is 2.56. The van der Waals surface area contributed by atoms with Crippen LogP contribution in [0.15, 0.2) is 0 Å². The normalized spacial score (nSPS) is 23.5. The highest BCUT2D eigenvalue weighted by atomic mass is 16.4. The summed E-state index contributed by atoms with van der Waals surface area (Å²) in [6, 6.07) is 0.106. The number of carboxylic acids is 1. The molecule has 0 bridgehead atoms. The molecule has 0 saturated carbocycles. The van der Waals surface area contributed by atoms with Crippen LogP contribution < -0.4 is 0 Å². The van der Waals surface area contributed by atoms with Crippen LogP contribution in [-0.4, -0.2) is 59.1 Å². The Hall–Kier alpha value is -0.610. The highest BCUT2D eigenvalue weighted by molar-refractivity contribution is 5.74. The van der Waals surface area contributed by atoms with Crippen molar-refractivity contribution in [2.24, 2.45) is 5.92 Å². The highest BCUT2D eigenvalue weighted by Gasteiger charge is 2.32. The minimum Gasteiger partial charge on any atom is -0.480 e. The SMILES string of the molecule is CC(C)CCN1CCN(C(C)C)CC1C(=O)O. The number of rotatable bonds is 5. The monoisotopic (exact) mass is 242 g/mol. The summed E-state index contributed by atoms with van der Waals surface area (Å²) in [5.74, 6) is -0.0494. The van der Waals surface area contributed by atoms with Crippen LogP contribution in [0.5, 0.6) is 0 Å². The molecule has 4 heteroatoms. The molecule has 0 aliphatic carbocycles. The Morgan fingerprint density at radius 2 is 1.94 bits per heavy atom. The predicted octanol–water partition coefficient (Wildman–Crippen LogP) is 1.51. The van der Waals surface area contributed by atoms with Gasteiger partial charge < -0.3 is 5.11 Å². The van der Waals surface area contributed by atoms with Crippen molar-refractivity contribution in [1.82, 2.24) is 9.80 Å². The molecule has 1 N–H and O–H groups in total. The minimum absolute atomic E-state index is 0.329. The van der Waals surface area contributed by atoms with Gasteiger partial charge in [0.1, 0.15) is 6.04 Å². The van der Waals surface area contributed by atoms with Gasteiger partial charge in [0.05, 0.1) is 0 Å². The summed E-state index contributed by atoms with van der Waals surface area (Å²) in [5.41, 5.74) is 0. The van der Waals surface area contributed by atoms with E-state index in [1.807, 2.05) is 0 Å². The van der Waals surface area contributed by atoms with Crippen LogP contribution in [0, 0.1) is 5.92 Å². The fraction of sp³-hybridized carbons (Fsp3) is 0.923. The summed E-state index contributed by atoms with van der Waals surface area (Å²) < 4.78 is 0. The van der Waals surface area contributed by atoms with E-state index < -0.39 is 5.97 Å². The molecule has 0 aromatic carbocycles. The average molecular weight is 242 g/mol. The predicted molar refractivity (Wildman–Crippen MR) is 69.2 cm³/mol. The second-order valence-corrected chi connectivity index (χ2v) is 5.66. The molecule has 0 spiro atoms. The maximum absolute atomic E-state index is 11.3. The first kappa shape index (κ1) is 14.5. The minimum atomic E-state index is -0.681. The first-order chi connectivity index (χ1) is 7.91. The third-order valence-electron chi connectivity index (χ3n) is 3.53. The molecule has 100 valence electrons. The molecular weight excluding hydrogens is 216 g/mol. The zero-order chi connectivity index (χ0) is 13.0. The van der Waals surface area contributed by atoms with Gasteiger partial charge in [0.25, 0.3) is 0 Å². The standard InChI is InChI=1S/C13H26N2O2/c1-10(2)5-6-14-7-8-15(11(3)4)9-12(14)13(16)17/h10-12H,5-9H2,1-4H3,(H,16,17). The third kappa shape index (κ3) is 4.28. The lowest BCUT2D eigenvalue weighted by Gasteiger charge is -2.41. The van der Waals surface area contributed by atoms with Crippen molar-refractivity contribution >= 4 is 5.97 Å². The quantitative estimate of drug-likeness (QED) is 0.793. The molecule has 1 aliphatic rings. The lowest BCUT2D eigenvalue weighted by molar-refractivity contribution is -0.146. The number of hydrogen-bond donors (Lipinski definition) is 1. The van der Waals surface area contributed by atoms with Gasteiger partial charge in [-0.25, -0.2) is 0 Å². The Kier molecular flexibility index (Phi) is 5.40. The van der Waals surface area contributed by atoms with Crippen LogP contribution in [-0.2, 0) is 4.79 Å². The van der Waals surface area contributed by atoms with Gasteiger partial charge in [-0.15, -0.1) is 0 Å². The van der Waals surface area contributed by atoms with E-state index in [0.717, 1.165) is 26.1 Å². The van der Waals surface area contributed by atoms with Crippen LogP contribution in [0.4, 0.5) is 0 Å². The van der Waals surface area contributed by atoms with Crippen LogP contribution in [0.3, 0.4) is 0 Å². The topological polar surface area (TPSA) is 43.8 Å². The van der Waals surface area contributed by atoms with Crippen molar-refractivity contribution in [3.63, 3.8) is 0 Å². The van der Waals surface area contributed by atoms with Crippen LogP contribution >= 0.6 is 0 Å². The van der Waals surface area contributed by atoms with Crippen molar-refractivity contribution in [1.29, 1.82) is 0 Å². The van der Waals surface area contributed by atoms with Gasteiger partial charge in [0.2, 0.25) is 0 Å². The number of piperazine rings is 1. The van der Waals surface area contributed by atoms with E-state index in [4.69, 9.17) is 0 Å². The molecule has 1 heterocycles. The lowest BCUT2D eigenvalue weighted by Crippen LogP contribution is -2.58. The Labute approximate surface area is 105 Å². The van der Waals surface area contributed by atoms with E-state index in [-0.39, 0.29) is 6.04 Å². The molecule has 1 unspecified atom stereocenters. The van der Waals surface area contributed by atoms with Crippen LogP contribution in [0.2, 0.25) is 0 Å². The smallest absolute Gasteiger partial charge is 0.322 e. The number of hydrogen-bond acceptors (Lipinski definition) is 3. The van der Waals surface area contributed by atoms with Crippen molar-refractivity contribution in [3.8, 4) is 0 Å². The van der Waals surface area contributed by atoms with E-state index in [2.05, 4.69) is 37.5 Å². The number of nitrogens with zero attached hydrogens (tertiary/aromatic N) is 2. The largest absolute Gasteiger partial charge is 0.480 e. The van der Waals surface area contributed by atoms with Gasteiger partial charge >= 0.3 is 5.97 Å². The van der Waals surface area contributed by atoms with Crippen LogP contribution in [0.1, 0.15) is 34.1 Å². The maximum atomic E-state index is 11.3. The van der Waals surface area contributed by atoms with Gasteiger partial charge in [0.15, 0.2) is 0 Å². The Morgan fingerprint density at radius 3 is 2.41 bits per heavy atom. The van der Waals surface area contributed by atoms with Gasteiger partial charge in [-0.3, -0.25) is 14.6 Å². The van der Waals surface area contributed by atoms with Gasteiger partial charge in [-0.05, 0) is 32.7 Å². The molecule has 0 radical (unpaired) electrons. The van der Waals surface area contributed by atoms with Gasteiger partial charge in [-0.2, -0.15) is 0 Å². The first-order valence-electron chi connectivity index (χ1n) is 6.62. The Bertz CT molecular complexity index is 254. The third-order valence-corrected chi connectivity index (χ3v) is 3.53.